The number of aryl methyl sites for hydroxylation is 1. The minimum absolute atomic E-state index is 0.545. The number of hydrogen-bond acceptors (Lipinski definition) is 2. The molecular formula is C10H15NO. The molecule has 0 aliphatic rings. The molecule has 66 valence electrons. The van der Waals surface area contributed by atoms with E-state index >= 15 is 0 Å². The van der Waals surface area contributed by atoms with E-state index in [-0.39, 0.29) is 0 Å². The Balaban J connectivity index is 2.77. The van der Waals surface area contributed by atoms with Crippen molar-refractivity contribution in [3.05, 3.63) is 35.4 Å². The second kappa shape index (κ2) is 4.24. The summed E-state index contributed by atoms with van der Waals surface area (Å²) in [5.41, 5.74) is 2.21. The van der Waals surface area contributed by atoms with Gasteiger partial charge in [0.15, 0.2) is 0 Å². The van der Waals surface area contributed by atoms with E-state index in [9.17, 15) is 5.11 Å². The van der Waals surface area contributed by atoms with E-state index in [1.165, 1.54) is 5.56 Å². The molecule has 0 radical (unpaired) electrons. The normalized spacial score (nSPS) is 12.9. The first kappa shape index (κ1) is 9.23. The number of nitrogens with one attached hydrogen (secondary N) is 1. The smallest absolute Gasteiger partial charge is 0.130 e. The van der Waals surface area contributed by atoms with Gasteiger partial charge in [-0.05, 0) is 24.6 Å². The Morgan fingerprint density at radius 3 is 2.33 bits per heavy atom. The van der Waals surface area contributed by atoms with Crippen LogP contribution in [0.2, 0.25) is 0 Å². The van der Waals surface area contributed by atoms with Crippen LogP contribution in [0.15, 0.2) is 24.3 Å². The summed E-state index contributed by atoms with van der Waals surface area (Å²) in [6.45, 7) is 2.11. The van der Waals surface area contributed by atoms with E-state index in [0.29, 0.717) is 0 Å². The molecule has 0 saturated heterocycles. The van der Waals surface area contributed by atoms with E-state index in [0.717, 1.165) is 12.0 Å². The molecule has 0 saturated carbocycles. The minimum Gasteiger partial charge on any atom is -0.374 e. The molecule has 1 unspecified atom stereocenters. The van der Waals surface area contributed by atoms with Crippen molar-refractivity contribution in [3.63, 3.8) is 0 Å². The predicted octanol–water partition coefficient (Wildman–Crippen LogP) is 1.46. The fraction of sp³-hybridized carbons (Fsp3) is 0.400. The summed E-state index contributed by atoms with van der Waals surface area (Å²) in [4.78, 5) is 0. The molecule has 2 nitrogen and oxygen atoms in total. The summed E-state index contributed by atoms with van der Waals surface area (Å²) in [5.74, 6) is 0. The van der Waals surface area contributed by atoms with Gasteiger partial charge in [0, 0.05) is 0 Å². The summed E-state index contributed by atoms with van der Waals surface area (Å²) < 4.78 is 0. The van der Waals surface area contributed by atoms with Crippen LogP contribution in [-0.4, -0.2) is 12.2 Å². The third-order valence-corrected chi connectivity index (χ3v) is 1.98. The number of aliphatic hydroxyl groups is 1. The highest BCUT2D eigenvalue weighted by Gasteiger charge is 2.01. The highest BCUT2D eigenvalue weighted by Crippen LogP contribution is 2.10. The molecule has 1 rings (SSSR count). The zero-order valence-electron chi connectivity index (χ0n) is 7.54. The lowest BCUT2D eigenvalue weighted by Crippen LogP contribution is -2.14. The van der Waals surface area contributed by atoms with Gasteiger partial charge in [-0.3, -0.25) is 5.32 Å². The average Bonchev–Trinajstić information content (AvgIpc) is 2.17. The number of rotatable bonds is 3. The Morgan fingerprint density at radius 2 is 1.92 bits per heavy atom. The van der Waals surface area contributed by atoms with Crippen LogP contribution in [0.1, 0.15) is 24.3 Å². The quantitative estimate of drug-likeness (QED) is 0.664. The van der Waals surface area contributed by atoms with Gasteiger partial charge in [0.25, 0.3) is 0 Å². The van der Waals surface area contributed by atoms with E-state index < -0.39 is 6.23 Å². The molecule has 0 aliphatic heterocycles. The maximum absolute atomic E-state index is 9.38. The van der Waals surface area contributed by atoms with Gasteiger partial charge in [-0.15, -0.1) is 0 Å². The summed E-state index contributed by atoms with van der Waals surface area (Å²) in [6, 6.07) is 7.96. The van der Waals surface area contributed by atoms with Crippen LogP contribution in [0.25, 0.3) is 0 Å². The van der Waals surface area contributed by atoms with Crippen molar-refractivity contribution >= 4 is 0 Å². The van der Waals surface area contributed by atoms with Gasteiger partial charge < -0.3 is 5.11 Å². The van der Waals surface area contributed by atoms with Crippen molar-refractivity contribution in [3.8, 4) is 0 Å². The third-order valence-electron chi connectivity index (χ3n) is 1.98. The van der Waals surface area contributed by atoms with Crippen molar-refractivity contribution < 1.29 is 5.11 Å². The van der Waals surface area contributed by atoms with Crippen molar-refractivity contribution in [2.75, 3.05) is 7.05 Å². The van der Waals surface area contributed by atoms with Crippen LogP contribution in [0.4, 0.5) is 0 Å². The van der Waals surface area contributed by atoms with Gasteiger partial charge in [-0.25, -0.2) is 0 Å². The van der Waals surface area contributed by atoms with E-state index in [4.69, 9.17) is 0 Å². The molecule has 0 heterocycles. The first-order chi connectivity index (χ1) is 5.77. The molecular weight excluding hydrogens is 150 g/mol. The highest BCUT2D eigenvalue weighted by molar-refractivity contribution is 5.23. The minimum atomic E-state index is -0.545. The van der Waals surface area contributed by atoms with Crippen LogP contribution in [0.3, 0.4) is 0 Å². The van der Waals surface area contributed by atoms with Crippen LogP contribution < -0.4 is 5.32 Å². The van der Waals surface area contributed by atoms with Crippen molar-refractivity contribution in [2.45, 2.75) is 19.6 Å². The summed E-state index contributed by atoms with van der Waals surface area (Å²) in [7, 11) is 1.73. The molecule has 12 heavy (non-hydrogen) atoms. The summed E-state index contributed by atoms with van der Waals surface area (Å²) in [5, 5.41) is 12.2. The van der Waals surface area contributed by atoms with Crippen molar-refractivity contribution in [1.29, 1.82) is 0 Å². The molecule has 0 bridgehead atoms. The van der Waals surface area contributed by atoms with Crippen LogP contribution in [0, 0.1) is 0 Å². The number of benzene rings is 1. The van der Waals surface area contributed by atoms with Crippen molar-refractivity contribution in [2.24, 2.45) is 0 Å². The molecule has 0 amide bonds. The van der Waals surface area contributed by atoms with Crippen LogP contribution >= 0.6 is 0 Å². The van der Waals surface area contributed by atoms with Crippen LogP contribution in [0.5, 0.6) is 0 Å². The van der Waals surface area contributed by atoms with Crippen molar-refractivity contribution in [1.82, 2.24) is 5.32 Å². The fourth-order valence-corrected chi connectivity index (χ4v) is 1.10. The highest BCUT2D eigenvalue weighted by atomic mass is 16.3. The first-order valence-electron chi connectivity index (χ1n) is 4.22. The number of hydrogen-bond donors (Lipinski definition) is 2. The molecule has 1 aromatic carbocycles. The maximum atomic E-state index is 9.38. The molecule has 0 spiro atoms. The standard InChI is InChI=1S/C10H15NO/c1-3-8-4-6-9(7-5-8)10(12)11-2/h4-7,10-12H,3H2,1-2H3. The maximum Gasteiger partial charge on any atom is 0.130 e. The average molecular weight is 165 g/mol. The van der Waals surface area contributed by atoms with Gasteiger partial charge in [0.2, 0.25) is 0 Å². The third kappa shape index (κ3) is 2.06. The second-order valence-corrected chi connectivity index (χ2v) is 2.79. The lowest BCUT2D eigenvalue weighted by atomic mass is 10.1. The lowest BCUT2D eigenvalue weighted by Gasteiger charge is -2.09. The molecule has 1 aromatic rings. The topological polar surface area (TPSA) is 32.3 Å². The van der Waals surface area contributed by atoms with Crippen LogP contribution in [-0.2, 0) is 6.42 Å². The van der Waals surface area contributed by atoms with E-state index in [1.54, 1.807) is 7.05 Å². The monoisotopic (exact) mass is 165 g/mol. The Morgan fingerprint density at radius 1 is 1.33 bits per heavy atom. The predicted molar refractivity (Wildman–Crippen MR) is 49.8 cm³/mol. The second-order valence-electron chi connectivity index (χ2n) is 2.79. The lowest BCUT2D eigenvalue weighted by molar-refractivity contribution is 0.149. The Labute approximate surface area is 73.2 Å². The van der Waals surface area contributed by atoms with E-state index in [1.807, 2.05) is 24.3 Å². The van der Waals surface area contributed by atoms with Gasteiger partial charge in [0.1, 0.15) is 6.23 Å². The zero-order valence-corrected chi connectivity index (χ0v) is 7.54. The Bertz CT molecular complexity index is 230. The van der Waals surface area contributed by atoms with E-state index in [2.05, 4.69) is 12.2 Å². The van der Waals surface area contributed by atoms with Gasteiger partial charge in [0.05, 0.1) is 0 Å². The molecule has 2 N–H and O–H groups in total. The largest absolute Gasteiger partial charge is 0.374 e. The summed E-state index contributed by atoms with van der Waals surface area (Å²) >= 11 is 0. The molecule has 0 aliphatic carbocycles. The van der Waals surface area contributed by atoms with Gasteiger partial charge >= 0.3 is 0 Å². The molecule has 1 atom stereocenters. The molecule has 0 aromatic heterocycles. The Kier molecular flexibility index (Phi) is 3.26. The first-order valence-corrected chi connectivity index (χ1v) is 4.22. The fourth-order valence-electron chi connectivity index (χ4n) is 1.10. The van der Waals surface area contributed by atoms with Gasteiger partial charge in [-0.2, -0.15) is 0 Å². The Hall–Kier alpha value is -0.860. The number of aliphatic hydroxyl groups excluding tert-OH is 1. The SMILES string of the molecule is CCc1ccc(C(O)NC)cc1. The zero-order chi connectivity index (χ0) is 8.97. The molecule has 2 heteroatoms. The molecule has 0 fully saturated rings. The summed E-state index contributed by atoms with van der Waals surface area (Å²) in [6.07, 6.45) is 0.492. The van der Waals surface area contributed by atoms with Gasteiger partial charge in [-0.1, -0.05) is 31.2 Å².